The molecule has 1 aliphatic carbocycles. The normalized spacial score (nSPS) is 21.8. The molecule has 23 heavy (non-hydrogen) atoms. The first kappa shape index (κ1) is 17.8. The lowest BCUT2D eigenvalue weighted by Gasteiger charge is -2.00. The monoisotopic (exact) mass is 346 g/mol. The number of rotatable bonds is 3. The largest absolute Gasteiger partial charge is 0.281 e. The van der Waals surface area contributed by atoms with Gasteiger partial charge in [0.25, 0.3) is 0 Å². The molecule has 2 atom stereocenters. The van der Waals surface area contributed by atoms with Gasteiger partial charge < -0.3 is 0 Å². The van der Waals surface area contributed by atoms with Crippen LogP contribution in [0.4, 0.5) is 0 Å². The average Bonchev–Trinajstić information content (AvgIpc) is 3.11. The molecule has 1 fully saturated rings. The zero-order chi connectivity index (χ0) is 16.9. The summed E-state index contributed by atoms with van der Waals surface area (Å²) in [5, 5.41) is 0.415. The van der Waals surface area contributed by atoms with Crippen molar-refractivity contribution in [2.45, 2.75) is 13.8 Å². The molecule has 0 spiro atoms. The van der Waals surface area contributed by atoms with Crippen LogP contribution in [0.25, 0.3) is 5.03 Å². The number of carbonyl (C=O) groups is 1. The quantitative estimate of drug-likeness (QED) is 0.623. The van der Waals surface area contributed by atoms with Crippen LogP contribution in [0.1, 0.15) is 19.4 Å². The predicted octanol–water partition coefficient (Wildman–Crippen LogP) is 5.99. The van der Waals surface area contributed by atoms with E-state index in [4.69, 9.17) is 23.2 Å². The summed E-state index contributed by atoms with van der Waals surface area (Å²) in [6.07, 6.45) is 1.95. The van der Waals surface area contributed by atoms with E-state index < -0.39 is 0 Å². The molecule has 0 aliphatic heterocycles. The Morgan fingerprint density at radius 1 is 0.913 bits per heavy atom. The van der Waals surface area contributed by atoms with E-state index in [-0.39, 0.29) is 22.5 Å². The van der Waals surface area contributed by atoms with Gasteiger partial charge in [-0.25, -0.2) is 0 Å². The Labute approximate surface area is 147 Å². The molecule has 0 amide bonds. The molecule has 3 heteroatoms. The van der Waals surface area contributed by atoms with Crippen molar-refractivity contribution in [2.24, 2.45) is 17.3 Å². The zero-order valence-electron chi connectivity index (χ0n) is 13.2. The number of hydrogen-bond acceptors (Lipinski definition) is 1. The Bertz CT molecular complexity index is 636. The van der Waals surface area contributed by atoms with Gasteiger partial charge in [0, 0.05) is 11.0 Å². The number of halogens is 2. The van der Waals surface area contributed by atoms with E-state index in [1.54, 1.807) is 0 Å². The molecule has 0 N–H and O–H groups in total. The van der Waals surface area contributed by atoms with Crippen LogP contribution in [0.2, 0.25) is 0 Å². The summed E-state index contributed by atoms with van der Waals surface area (Å²) in [7, 11) is 0. The Morgan fingerprint density at radius 3 is 1.74 bits per heavy atom. The molecule has 2 aromatic rings. The molecule has 3 rings (SSSR count). The minimum absolute atomic E-state index is 0.0756. The van der Waals surface area contributed by atoms with E-state index in [1.807, 2.05) is 86.7 Å². The topological polar surface area (TPSA) is 17.1 Å². The molecule has 0 heterocycles. The maximum Gasteiger partial charge on any atom is 0.225 e. The second-order valence-corrected chi connectivity index (χ2v) is 6.94. The van der Waals surface area contributed by atoms with Crippen molar-refractivity contribution in [1.82, 2.24) is 0 Å². The summed E-state index contributed by atoms with van der Waals surface area (Å²) in [4.78, 5) is 11.2. The van der Waals surface area contributed by atoms with Gasteiger partial charge in [0.2, 0.25) is 5.24 Å². The molecule has 1 saturated carbocycles. The van der Waals surface area contributed by atoms with Crippen LogP contribution in [0.5, 0.6) is 0 Å². The maximum atomic E-state index is 11.2. The molecule has 2 unspecified atom stereocenters. The highest BCUT2D eigenvalue weighted by molar-refractivity contribution is 6.64. The summed E-state index contributed by atoms with van der Waals surface area (Å²) >= 11 is 11.8. The fourth-order valence-electron chi connectivity index (χ4n) is 2.66. The Balaban J connectivity index is 0.000000268. The minimum atomic E-state index is -0.270. The standard InChI is InChI=1S/C14H14Cl2O.C6H6/c1-14(2)10(12(14)13(16)17)8-11(15)9-6-4-3-5-7-9;1-2-4-6-5-3-1/h3-8,10,12H,1-2H3;1-6H/b11-8-;. The summed E-state index contributed by atoms with van der Waals surface area (Å²) in [6.45, 7) is 4.07. The van der Waals surface area contributed by atoms with Crippen LogP contribution in [-0.4, -0.2) is 5.24 Å². The Kier molecular flexibility index (Phi) is 6.04. The zero-order valence-corrected chi connectivity index (χ0v) is 14.8. The van der Waals surface area contributed by atoms with Crippen molar-refractivity contribution in [3.63, 3.8) is 0 Å². The highest BCUT2D eigenvalue weighted by Crippen LogP contribution is 2.60. The van der Waals surface area contributed by atoms with E-state index >= 15 is 0 Å². The highest BCUT2D eigenvalue weighted by atomic mass is 35.5. The molecule has 1 nitrogen and oxygen atoms in total. The fraction of sp³-hybridized carbons (Fsp3) is 0.250. The van der Waals surface area contributed by atoms with Crippen LogP contribution in [0.3, 0.4) is 0 Å². The molecule has 0 saturated heterocycles. The molecule has 0 bridgehead atoms. The van der Waals surface area contributed by atoms with Gasteiger partial charge in [-0.3, -0.25) is 4.79 Å². The van der Waals surface area contributed by atoms with Crippen molar-refractivity contribution in [3.05, 3.63) is 78.4 Å². The van der Waals surface area contributed by atoms with Crippen molar-refractivity contribution in [2.75, 3.05) is 0 Å². The SMILES string of the molecule is CC1(C)C(/C=C(\Cl)c2ccccc2)C1C(=O)Cl.c1ccccc1. The fourth-order valence-corrected chi connectivity index (χ4v) is 3.34. The Hall–Kier alpha value is -1.57. The lowest BCUT2D eigenvalue weighted by Crippen LogP contribution is -1.96. The lowest BCUT2D eigenvalue weighted by molar-refractivity contribution is -0.113. The minimum Gasteiger partial charge on any atom is -0.281 e. The van der Waals surface area contributed by atoms with Gasteiger partial charge in [0.05, 0.1) is 0 Å². The van der Waals surface area contributed by atoms with Crippen molar-refractivity contribution < 1.29 is 4.79 Å². The molecule has 1 aliphatic rings. The predicted molar refractivity (Wildman–Crippen MR) is 98.3 cm³/mol. The van der Waals surface area contributed by atoms with Gasteiger partial charge in [0.15, 0.2) is 0 Å². The van der Waals surface area contributed by atoms with Crippen molar-refractivity contribution in [3.8, 4) is 0 Å². The van der Waals surface area contributed by atoms with Gasteiger partial charge in [-0.05, 0) is 28.5 Å². The third-order valence-electron chi connectivity index (χ3n) is 4.20. The van der Waals surface area contributed by atoms with Gasteiger partial charge in [-0.1, -0.05) is 98.3 Å². The molecule has 120 valence electrons. The van der Waals surface area contributed by atoms with Crippen LogP contribution < -0.4 is 0 Å². The summed E-state index contributed by atoms with van der Waals surface area (Å²) in [6, 6.07) is 21.7. The highest BCUT2D eigenvalue weighted by Gasteiger charge is 2.60. The van der Waals surface area contributed by atoms with Crippen LogP contribution in [0, 0.1) is 17.3 Å². The van der Waals surface area contributed by atoms with E-state index in [0.717, 1.165) is 5.56 Å². The molecular weight excluding hydrogens is 327 g/mol. The first-order valence-corrected chi connectivity index (χ1v) is 8.32. The molecule has 2 aromatic carbocycles. The number of benzene rings is 2. The lowest BCUT2D eigenvalue weighted by atomic mass is 10.1. The van der Waals surface area contributed by atoms with Crippen molar-refractivity contribution >= 4 is 33.5 Å². The number of allylic oxidation sites excluding steroid dienone is 1. The second kappa shape index (κ2) is 7.81. The number of hydrogen-bond donors (Lipinski definition) is 0. The maximum absolute atomic E-state index is 11.2. The summed E-state index contributed by atoms with van der Waals surface area (Å²) < 4.78 is 0. The first-order valence-electron chi connectivity index (χ1n) is 7.56. The summed E-state index contributed by atoms with van der Waals surface area (Å²) in [5.41, 5.74) is 0.894. The van der Waals surface area contributed by atoms with Crippen LogP contribution in [-0.2, 0) is 4.79 Å². The van der Waals surface area contributed by atoms with Gasteiger partial charge >= 0.3 is 0 Å². The summed E-state index contributed by atoms with van der Waals surface area (Å²) in [5.74, 6) is 0.0295. The Morgan fingerprint density at radius 2 is 1.35 bits per heavy atom. The van der Waals surface area contributed by atoms with Gasteiger partial charge in [0.1, 0.15) is 0 Å². The first-order chi connectivity index (χ1) is 10.9. The third-order valence-corrected chi connectivity index (χ3v) is 4.78. The smallest absolute Gasteiger partial charge is 0.225 e. The van der Waals surface area contributed by atoms with Crippen molar-refractivity contribution in [1.29, 1.82) is 0 Å². The van der Waals surface area contributed by atoms with E-state index in [9.17, 15) is 4.79 Å². The van der Waals surface area contributed by atoms with E-state index in [0.29, 0.717) is 5.03 Å². The van der Waals surface area contributed by atoms with E-state index in [2.05, 4.69) is 0 Å². The van der Waals surface area contributed by atoms with E-state index in [1.165, 1.54) is 0 Å². The molecule has 0 radical (unpaired) electrons. The third kappa shape index (κ3) is 4.70. The second-order valence-electron chi connectivity index (χ2n) is 6.16. The molecular formula is C20H20Cl2O. The van der Waals surface area contributed by atoms with Gasteiger partial charge in [-0.2, -0.15) is 0 Å². The van der Waals surface area contributed by atoms with Crippen LogP contribution >= 0.6 is 23.2 Å². The van der Waals surface area contributed by atoms with Gasteiger partial charge in [-0.15, -0.1) is 0 Å². The van der Waals surface area contributed by atoms with Crippen LogP contribution in [0.15, 0.2) is 72.8 Å². The molecule has 0 aromatic heterocycles. The average molecular weight is 347 g/mol. The number of carbonyl (C=O) groups excluding carboxylic acids is 1.